The summed E-state index contributed by atoms with van der Waals surface area (Å²) in [6.45, 7) is 1.86. The summed E-state index contributed by atoms with van der Waals surface area (Å²) in [4.78, 5) is 12.1. The zero-order valence-electron chi connectivity index (χ0n) is 15.4. The Hall–Kier alpha value is -3.33. The molecule has 0 bridgehead atoms. The number of thioether (sulfide) groups is 1. The number of aryl methyl sites for hydroxylation is 1. The SMILES string of the molecule is COc1cccc(C=NNC(=O)CSc2nnc(C)n2-c2ccccc2)c1O. The summed E-state index contributed by atoms with van der Waals surface area (Å²) in [5.74, 6) is 0.849. The minimum absolute atomic E-state index is 0.0381. The Morgan fingerprint density at radius 1 is 1.25 bits per heavy atom. The Kier molecular flexibility index (Phi) is 6.28. The Morgan fingerprint density at radius 2 is 2.04 bits per heavy atom. The molecule has 3 aromatic rings. The van der Waals surface area contributed by atoms with E-state index < -0.39 is 0 Å². The third kappa shape index (κ3) is 4.49. The first-order valence-corrected chi connectivity index (χ1v) is 9.37. The average molecular weight is 397 g/mol. The molecule has 1 amide bonds. The minimum Gasteiger partial charge on any atom is -0.504 e. The largest absolute Gasteiger partial charge is 0.504 e. The van der Waals surface area contributed by atoms with E-state index in [9.17, 15) is 9.90 Å². The first kappa shape index (κ1) is 19.4. The van der Waals surface area contributed by atoms with Crippen molar-refractivity contribution >= 4 is 23.9 Å². The molecule has 0 radical (unpaired) electrons. The van der Waals surface area contributed by atoms with Gasteiger partial charge < -0.3 is 9.84 Å². The summed E-state index contributed by atoms with van der Waals surface area (Å²) in [6.07, 6.45) is 1.36. The maximum Gasteiger partial charge on any atom is 0.250 e. The second-order valence-corrected chi connectivity index (χ2v) is 6.62. The highest BCUT2D eigenvalue weighted by atomic mass is 32.2. The molecular weight excluding hydrogens is 378 g/mol. The van der Waals surface area contributed by atoms with Crippen molar-refractivity contribution in [3.05, 3.63) is 59.9 Å². The molecule has 9 heteroatoms. The number of para-hydroxylation sites is 2. The predicted molar refractivity (Wildman–Crippen MR) is 107 cm³/mol. The highest BCUT2D eigenvalue weighted by Gasteiger charge is 2.13. The number of methoxy groups -OCH3 is 1. The molecule has 0 spiro atoms. The van der Waals surface area contributed by atoms with Gasteiger partial charge in [-0.05, 0) is 31.2 Å². The number of phenols is 1. The zero-order chi connectivity index (χ0) is 19.9. The van der Waals surface area contributed by atoms with Crippen LogP contribution in [0.15, 0.2) is 58.8 Å². The number of hydrogen-bond acceptors (Lipinski definition) is 7. The molecule has 0 aliphatic rings. The number of benzene rings is 2. The van der Waals surface area contributed by atoms with E-state index in [-0.39, 0.29) is 17.4 Å². The number of nitrogens with zero attached hydrogens (tertiary/aromatic N) is 4. The van der Waals surface area contributed by atoms with Crippen LogP contribution in [0.25, 0.3) is 5.69 Å². The highest BCUT2D eigenvalue weighted by Crippen LogP contribution is 2.28. The van der Waals surface area contributed by atoms with Crippen molar-refractivity contribution in [1.29, 1.82) is 0 Å². The molecule has 3 rings (SSSR count). The van der Waals surface area contributed by atoms with E-state index in [1.165, 1.54) is 25.1 Å². The Bertz CT molecular complexity index is 988. The lowest BCUT2D eigenvalue weighted by Crippen LogP contribution is -2.20. The summed E-state index contributed by atoms with van der Waals surface area (Å²) < 4.78 is 6.92. The van der Waals surface area contributed by atoms with Crippen LogP contribution in [0, 0.1) is 6.92 Å². The summed E-state index contributed by atoms with van der Waals surface area (Å²) >= 11 is 1.26. The van der Waals surface area contributed by atoms with Gasteiger partial charge in [-0.15, -0.1) is 10.2 Å². The molecule has 0 aliphatic heterocycles. The first-order chi connectivity index (χ1) is 13.6. The lowest BCUT2D eigenvalue weighted by atomic mass is 10.2. The molecular formula is C19H19N5O3S. The molecule has 1 aromatic heterocycles. The molecule has 0 saturated carbocycles. The lowest BCUT2D eigenvalue weighted by Gasteiger charge is -2.07. The van der Waals surface area contributed by atoms with E-state index in [1.807, 2.05) is 41.8 Å². The van der Waals surface area contributed by atoms with Crippen molar-refractivity contribution in [2.45, 2.75) is 12.1 Å². The maximum absolute atomic E-state index is 12.1. The number of ether oxygens (including phenoxy) is 1. The maximum atomic E-state index is 12.1. The van der Waals surface area contributed by atoms with Crippen molar-refractivity contribution in [3.8, 4) is 17.2 Å². The van der Waals surface area contributed by atoms with Crippen LogP contribution in [0.5, 0.6) is 11.5 Å². The van der Waals surface area contributed by atoms with E-state index in [0.29, 0.717) is 16.5 Å². The fraction of sp³-hybridized carbons (Fsp3) is 0.158. The molecule has 28 heavy (non-hydrogen) atoms. The Balaban J connectivity index is 1.60. The number of carbonyl (C=O) groups excluding carboxylic acids is 1. The number of hydrazone groups is 1. The van der Waals surface area contributed by atoms with Crippen molar-refractivity contribution in [1.82, 2.24) is 20.2 Å². The first-order valence-electron chi connectivity index (χ1n) is 8.38. The quantitative estimate of drug-likeness (QED) is 0.361. The number of nitrogens with one attached hydrogen (secondary N) is 1. The van der Waals surface area contributed by atoms with Gasteiger partial charge >= 0.3 is 0 Å². The van der Waals surface area contributed by atoms with Crippen molar-refractivity contribution < 1.29 is 14.6 Å². The Labute approximate surface area is 166 Å². The van der Waals surface area contributed by atoms with Crippen LogP contribution in [0.3, 0.4) is 0 Å². The fourth-order valence-electron chi connectivity index (χ4n) is 2.46. The van der Waals surface area contributed by atoms with Crippen LogP contribution in [0.2, 0.25) is 0 Å². The minimum atomic E-state index is -0.302. The summed E-state index contributed by atoms with van der Waals surface area (Å²) in [5, 5.41) is 22.7. The van der Waals surface area contributed by atoms with Gasteiger partial charge in [0.05, 0.1) is 19.1 Å². The van der Waals surface area contributed by atoms with E-state index in [0.717, 1.165) is 11.5 Å². The number of rotatable bonds is 7. The zero-order valence-corrected chi connectivity index (χ0v) is 16.2. The molecule has 144 valence electrons. The summed E-state index contributed by atoms with van der Waals surface area (Å²) in [7, 11) is 1.46. The van der Waals surface area contributed by atoms with Crippen LogP contribution in [0.1, 0.15) is 11.4 Å². The van der Waals surface area contributed by atoms with Crippen molar-refractivity contribution in [3.63, 3.8) is 0 Å². The van der Waals surface area contributed by atoms with Crippen LogP contribution in [0.4, 0.5) is 0 Å². The van der Waals surface area contributed by atoms with Crippen molar-refractivity contribution in [2.24, 2.45) is 5.10 Å². The van der Waals surface area contributed by atoms with E-state index in [2.05, 4.69) is 20.7 Å². The molecule has 1 heterocycles. The third-order valence-electron chi connectivity index (χ3n) is 3.78. The van der Waals surface area contributed by atoms with Crippen LogP contribution < -0.4 is 10.2 Å². The number of aromatic nitrogens is 3. The molecule has 0 aliphatic carbocycles. The van der Waals surface area contributed by atoms with Crippen molar-refractivity contribution in [2.75, 3.05) is 12.9 Å². The van der Waals surface area contributed by atoms with Gasteiger partial charge in [0.1, 0.15) is 5.82 Å². The predicted octanol–water partition coefficient (Wildman–Crippen LogP) is 2.53. The standard InChI is InChI=1S/C19H19N5O3S/c1-13-21-23-19(24(13)15-8-4-3-5-9-15)28-12-17(25)22-20-11-14-7-6-10-16(27-2)18(14)26/h3-11,26H,12H2,1-2H3,(H,22,25). The monoisotopic (exact) mass is 397 g/mol. The summed E-state index contributed by atoms with van der Waals surface area (Å²) in [5.41, 5.74) is 3.80. The molecule has 2 aromatic carbocycles. The average Bonchev–Trinajstić information content (AvgIpc) is 3.09. The molecule has 0 saturated heterocycles. The molecule has 0 atom stereocenters. The van der Waals surface area contributed by atoms with E-state index in [1.54, 1.807) is 18.2 Å². The lowest BCUT2D eigenvalue weighted by molar-refractivity contribution is -0.118. The topological polar surface area (TPSA) is 102 Å². The smallest absolute Gasteiger partial charge is 0.250 e. The van der Waals surface area contributed by atoms with E-state index >= 15 is 0 Å². The second-order valence-electron chi connectivity index (χ2n) is 5.68. The van der Waals surface area contributed by atoms with Crippen LogP contribution in [-0.4, -0.2) is 44.9 Å². The van der Waals surface area contributed by atoms with E-state index in [4.69, 9.17) is 4.74 Å². The number of amides is 1. The van der Waals surface area contributed by atoms with Gasteiger partial charge in [0.15, 0.2) is 16.7 Å². The van der Waals surface area contributed by atoms with Gasteiger partial charge in [-0.3, -0.25) is 9.36 Å². The van der Waals surface area contributed by atoms with Crippen LogP contribution >= 0.6 is 11.8 Å². The highest BCUT2D eigenvalue weighted by molar-refractivity contribution is 7.99. The molecule has 2 N–H and O–H groups in total. The second kappa shape index (κ2) is 9.05. The van der Waals surface area contributed by atoms with Gasteiger partial charge in [0, 0.05) is 11.3 Å². The Morgan fingerprint density at radius 3 is 2.79 bits per heavy atom. The van der Waals surface area contributed by atoms with Gasteiger partial charge in [0.2, 0.25) is 0 Å². The molecule has 8 nitrogen and oxygen atoms in total. The number of phenolic OH excluding ortho intramolecular Hbond substituents is 1. The van der Waals surface area contributed by atoms with Gasteiger partial charge in [-0.25, -0.2) is 5.43 Å². The third-order valence-corrected chi connectivity index (χ3v) is 4.71. The fourth-order valence-corrected chi connectivity index (χ4v) is 3.25. The van der Waals surface area contributed by atoms with Gasteiger partial charge in [-0.2, -0.15) is 5.10 Å². The number of aromatic hydroxyl groups is 1. The molecule has 0 unspecified atom stereocenters. The number of hydrogen-bond donors (Lipinski definition) is 2. The van der Waals surface area contributed by atoms with Crippen LogP contribution in [-0.2, 0) is 4.79 Å². The van der Waals surface area contributed by atoms with Gasteiger partial charge in [0.25, 0.3) is 5.91 Å². The number of carbonyl (C=O) groups is 1. The summed E-state index contributed by atoms with van der Waals surface area (Å²) in [6, 6.07) is 14.7. The van der Waals surface area contributed by atoms with Gasteiger partial charge in [-0.1, -0.05) is 36.0 Å². The normalized spacial score (nSPS) is 10.9. The molecule has 0 fully saturated rings.